The van der Waals surface area contributed by atoms with Crippen LogP contribution in [0, 0.1) is 10.8 Å². The second kappa shape index (κ2) is 3.43. The summed E-state index contributed by atoms with van der Waals surface area (Å²) >= 11 is 0. The molecular weight excluding hydrogens is 224 g/mol. The highest BCUT2D eigenvalue weighted by Gasteiger charge is 2.52. The second-order valence-corrected chi connectivity index (χ2v) is 8.30. The van der Waals surface area contributed by atoms with Crippen molar-refractivity contribution in [2.75, 3.05) is 13.6 Å². The molecule has 1 heterocycles. The molecule has 1 aliphatic heterocycles. The maximum Gasteiger partial charge on any atom is 0.279 e. The van der Waals surface area contributed by atoms with Crippen LogP contribution in [0.15, 0.2) is 0 Å². The van der Waals surface area contributed by atoms with Gasteiger partial charge in [0.1, 0.15) is 0 Å². The molecule has 2 rings (SSSR count). The first-order valence-corrected chi connectivity index (χ1v) is 7.32. The lowest BCUT2D eigenvalue weighted by Gasteiger charge is -2.39. The third-order valence-corrected chi connectivity index (χ3v) is 5.49. The molecule has 2 fully saturated rings. The van der Waals surface area contributed by atoms with Crippen molar-refractivity contribution in [3.63, 3.8) is 0 Å². The molecule has 2 bridgehead atoms. The highest BCUT2D eigenvalue weighted by atomic mass is 32.2. The zero-order chi connectivity index (χ0) is 12.2. The summed E-state index contributed by atoms with van der Waals surface area (Å²) in [5.41, 5.74) is 0.423. The maximum atomic E-state index is 11.9. The Morgan fingerprint density at radius 2 is 1.88 bits per heavy atom. The van der Waals surface area contributed by atoms with Crippen molar-refractivity contribution in [1.29, 1.82) is 0 Å². The average molecular weight is 246 g/mol. The van der Waals surface area contributed by atoms with E-state index in [1.54, 1.807) is 4.31 Å². The molecule has 0 aromatic heterocycles. The lowest BCUT2D eigenvalue weighted by molar-refractivity contribution is 0.133. The van der Waals surface area contributed by atoms with Gasteiger partial charge in [-0.3, -0.25) is 0 Å². The Labute approximate surface area is 98.6 Å². The maximum absolute atomic E-state index is 11.9. The number of rotatable bonds is 2. The first kappa shape index (κ1) is 12.3. The lowest BCUT2D eigenvalue weighted by Crippen LogP contribution is -2.42. The topological polar surface area (TPSA) is 49.4 Å². The van der Waals surface area contributed by atoms with Crippen LogP contribution >= 0.6 is 0 Å². The van der Waals surface area contributed by atoms with E-state index >= 15 is 0 Å². The van der Waals surface area contributed by atoms with Gasteiger partial charge in [0.2, 0.25) is 0 Å². The Hall–Kier alpha value is -0.130. The quantitative estimate of drug-likeness (QED) is 0.799. The minimum Gasteiger partial charge on any atom is -0.205 e. The first-order chi connectivity index (χ1) is 7.18. The Kier molecular flexibility index (Phi) is 2.64. The summed E-state index contributed by atoms with van der Waals surface area (Å²) in [5, 5.41) is 0. The molecule has 1 aliphatic carbocycles. The van der Waals surface area contributed by atoms with Crippen LogP contribution in [0.1, 0.15) is 40.0 Å². The van der Waals surface area contributed by atoms with Crippen LogP contribution in [0.2, 0.25) is 0 Å². The minimum absolute atomic E-state index is 0.163. The van der Waals surface area contributed by atoms with E-state index in [1.807, 2.05) is 0 Å². The second-order valence-electron chi connectivity index (χ2n) is 6.47. The van der Waals surface area contributed by atoms with Gasteiger partial charge in [-0.1, -0.05) is 20.8 Å². The lowest BCUT2D eigenvalue weighted by atomic mass is 9.65. The van der Waals surface area contributed by atoms with E-state index in [1.165, 1.54) is 7.05 Å². The monoisotopic (exact) mass is 246 g/mol. The van der Waals surface area contributed by atoms with E-state index < -0.39 is 10.2 Å². The van der Waals surface area contributed by atoms with Gasteiger partial charge in [0.05, 0.1) is 0 Å². The Morgan fingerprint density at radius 3 is 2.44 bits per heavy atom. The van der Waals surface area contributed by atoms with E-state index in [0.717, 1.165) is 19.3 Å². The van der Waals surface area contributed by atoms with Gasteiger partial charge in [-0.25, -0.2) is 4.72 Å². The van der Waals surface area contributed by atoms with Gasteiger partial charge >= 0.3 is 0 Å². The molecule has 94 valence electrons. The number of nitrogens with one attached hydrogen (secondary N) is 1. The van der Waals surface area contributed by atoms with Gasteiger partial charge in [0.15, 0.2) is 0 Å². The van der Waals surface area contributed by atoms with Gasteiger partial charge in [0.25, 0.3) is 10.2 Å². The summed E-state index contributed by atoms with van der Waals surface area (Å²) in [6, 6.07) is 0.186. The molecule has 16 heavy (non-hydrogen) atoms. The van der Waals surface area contributed by atoms with Crippen LogP contribution in [0.25, 0.3) is 0 Å². The Morgan fingerprint density at radius 1 is 1.25 bits per heavy atom. The fourth-order valence-electron chi connectivity index (χ4n) is 3.81. The normalized spacial score (nSPS) is 38.9. The van der Waals surface area contributed by atoms with Gasteiger partial charge in [-0.05, 0) is 30.1 Å². The van der Waals surface area contributed by atoms with E-state index in [0.29, 0.717) is 6.54 Å². The molecule has 0 aromatic carbocycles. The molecule has 0 amide bonds. The molecule has 5 heteroatoms. The van der Waals surface area contributed by atoms with E-state index in [4.69, 9.17) is 0 Å². The zero-order valence-electron chi connectivity index (χ0n) is 10.6. The summed E-state index contributed by atoms with van der Waals surface area (Å²) in [6.07, 6.45) is 3.10. The van der Waals surface area contributed by atoms with Crippen molar-refractivity contribution in [2.45, 2.75) is 46.1 Å². The van der Waals surface area contributed by atoms with Gasteiger partial charge in [-0.2, -0.15) is 12.7 Å². The largest absolute Gasteiger partial charge is 0.279 e. The van der Waals surface area contributed by atoms with Crippen LogP contribution in [0.5, 0.6) is 0 Å². The predicted octanol–water partition coefficient (Wildman–Crippen LogP) is 1.35. The smallest absolute Gasteiger partial charge is 0.205 e. The van der Waals surface area contributed by atoms with Crippen molar-refractivity contribution < 1.29 is 8.42 Å². The molecule has 1 saturated heterocycles. The van der Waals surface area contributed by atoms with E-state index in [-0.39, 0.29) is 16.9 Å². The van der Waals surface area contributed by atoms with E-state index in [2.05, 4.69) is 25.5 Å². The van der Waals surface area contributed by atoms with Crippen molar-refractivity contribution in [1.82, 2.24) is 9.03 Å². The molecule has 1 saturated carbocycles. The molecular formula is C11H22N2O2S. The highest BCUT2D eigenvalue weighted by molar-refractivity contribution is 7.87. The Balaban J connectivity index is 2.30. The molecule has 0 spiro atoms. The highest BCUT2D eigenvalue weighted by Crippen LogP contribution is 2.52. The number of nitrogens with zero attached hydrogens (tertiary/aromatic N) is 1. The molecule has 0 radical (unpaired) electrons. The molecule has 4 nitrogen and oxygen atoms in total. The summed E-state index contributed by atoms with van der Waals surface area (Å²) in [7, 11) is -1.77. The van der Waals surface area contributed by atoms with Crippen molar-refractivity contribution in [2.24, 2.45) is 10.8 Å². The average Bonchev–Trinajstić information content (AvgIpc) is 2.35. The van der Waals surface area contributed by atoms with Crippen LogP contribution in [-0.4, -0.2) is 32.4 Å². The SMILES string of the molecule is CNS(=O)(=O)N1CC2(C)CC1CC(C)(C)C2. The van der Waals surface area contributed by atoms with Crippen molar-refractivity contribution >= 4 is 10.2 Å². The number of fused-ring (bicyclic) bond motifs is 2. The summed E-state index contributed by atoms with van der Waals surface area (Å²) in [4.78, 5) is 0. The fourth-order valence-corrected chi connectivity index (χ4v) is 5.06. The standard InChI is InChI=1S/C11H22N2O2S/c1-10(2)5-9-6-11(3,7-10)8-13(9)16(14,15)12-4/h9,12H,5-8H2,1-4H3. The molecule has 2 aliphatic rings. The number of hydrogen-bond donors (Lipinski definition) is 1. The molecule has 1 N–H and O–H groups in total. The van der Waals surface area contributed by atoms with Crippen molar-refractivity contribution in [3.05, 3.63) is 0 Å². The van der Waals surface area contributed by atoms with Gasteiger partial charge in [0, 0.05) is 19.6 Å². The third-order valence-electron chi connectivity index (χ3n) is 3.93. The summed E-state index contributed by atoms with van der Waals surface area (Å²) < 4.78 is 27.9. The molecule has 2 atom stereocenters. The van der Waals surface area contributed by atoms with Gasteiger partial charge in [-0.15, -0.1) is 0 Å². The first-order valence-electron chi connectivity index (χ1n) is 5.88. The molecule has 2 unspecified atom stereocenters. The third kappa shape index (κ3) is 2.00. The van der Waals surface area contributed by atoms with E-state index in [9.17, 15) is 8.42 Å². The Bertz CT molecular complexity index is 391. The van der Waals surface area contributed by atoms with Crippen LogP contribution in [0.3, 0.4) is 0 Å². The molecule has 0 aromatic rings. The van der Waals surface area contributed by atoms with Crippen LogP contribution in [-0.2, 0) is 10.2 Å². The number of hydrogen-bond acceptors (Lipinski definition) is 2. The summed E-state index contributed by atoms with van der Waals surface area (Å²) in [6.45, 7) is 7.37. The van der Waals surface area contributed by atoms with Gasteiger partial charge < -0.3 is 0 Å². The summed E-state index contributed by atoms with van der Waals surface area (Å²) in [5.74, 6) is 0. The minimum atomic E-state index is -3.26. The zero-order valence-corrected chi connectivity index (χ0v) is 11.4. The predicted molar refractivity (Wildman–Crippen MR) is 64.2 cm³/mol. The van der Waals surface area contributed by atoms with Crippen LogP contribution < -0.4 is 4.72 Å². The fraction of sp³-hybridized carbons (Fsp3) is 1.00. The van der Waals surface area contributed by atoms with Crippen LogP contribution in [0.4, 0.5) is 0 Å². The van der Waals surface area contributed by atoms with Crippen molar-refractivity contribution in [3.8, 4) is 0 Å².